The molecule has 1 aromatic rings. The normalized spacial score (nSPS) is 23.0. The molecule has 3 aliphatic rings. The Kier molecular flexibility index (Phi) is 6.05. The molecule has 1 aromatic heterocycles. The lowest BCUT2D eigenvalue weighted by Gasteiger charge is -2.37. The highest BCUT2D eigenvalue weighted by Crippen LogP contribution is 2.33. The first-order valence-corrected chi connectivity index (χ1v) is 10.8. The third kappa shape index (κ3) is 4.56. The van der Waals surface area contributed by atoms with Gasteiger partial charge in [-0.15, -0.1) is 0 Å². The van der Waals surface area contributed by atoms with Gasteiger partial charge in [-0.25, -0.2) is 4.79 Å². The molecule has 0 atom stereocenters. The van der Waals surface area contributed by atoms with Crippen molar-refractivity contribution in [2.45, 2.75) is 31.8 Å². The molecule has 4 heterocycles. The fourth-order valence-corrected chi connectivity index (χ4v) is 4.60. The summed E-state index contributed by atoms with van der Waals surface area (Å²) in [6.07, 6.45) is 3.73. The fourth-order valence-electron chi connectivity index (χ4n) is 4.60. The lowest BCUT2D eigenvalue weighted by atomic mass is 9.91. The zero-order valence-electron chi connectivity index (χ0n) is 17.3. The van der Waals surface area contributed by atoms with Crippen LogP contribution in [-0.2, 0) is 4.74 Å². The molecule has 29 heavy (non-hydrogen) atoms. The zero-order valence-corrected chi connectivity index (χ0v) is 17.3. The van der Waals surface area contributed by atoms with Gasteiger partial charge < -0.3 is 24.3 Å². The predicted molar refractivity (Wildman–Crippen MR) is 108 cm³/mol. The molecule has 0 aliphatic carbocycles. The molecule has 0 radical (unpaired) electrons. The van der Waals surface area contributed by atoms with Crippen molar-refractivity contribution in [1.82, 2.24) is 29.8 Å². The van der Waals surface area contributed by atoms with Crippen LogP contribution in [0.3, 0.4) is 0 Å². The average Bonchev–Trinajstić information content (AvgIpc) is 3.38. The number of nitrogens with one attached hydrogen (secondary N) is 1. The SMILES string of the molecule is CCN1CCN(CCCN2CC3(CCN(C(=O)c4ccn[nH]4)CC3)OC2=O)CC1. The quantitative estimate of drug-likeness (QED) is 0.757. The van der Waals surface area contributed by atoms with Crippen LogP contribution in [0.4, 0.5) is 4.79 Å². The maximum atomic E-state index is 12.5. The maximum absolute atomic E-state index is 12.5. The van der Waals surface area contributed by atoms with Crippen molar-refractivity contribution in [3.63, 3.8) is 0 Å². The Morgan fingerprint density at radius 1 is 1.14 bits per heavy atom. The lowest BCUT2D eigenvalue weighted by Crippen LogP contribution is -2.49. The monoisotopic (exact) mass is 404 g/mol. The van der Waals surface area contributed by atoms with E-state index >= 15 is 0 Å². The van der Waals surface area contributed by atoms with Gasteiger partial charge in [0, 0.05) is 64.9 Å². The summed E-state index contributed by atoms with van der Waals surface area (Å²) in [4.78, 5) is 33.5. The molecule has 3 saturated heterocycles. The van der Waals surface area contributed by atoms with Gasteiger partial charge in [0.2, 0.25) is 0 Å². The molecular weight excluding hydrogens is 372 g/mol. The number of hydrogen-bond acceptors (Lipinski definition) is 6. The number of piperidine rings is 1. The van der Waals surface area contributed by atoms with Crippen molar-refractivity contribution in [2.24, 2.45) is 0 Å². The van der Waals surface area contributed by atoms with E-state index in [0.29, 0.717) is 38.2 Å². The number of H-pyrrole nitrogens is 1. The van der Waals surface area contributed by atoms with E-state index in [1.807, 2.05) is 9.80 Å². The van der Waals surface area contributed by atoms with E-state index in [0.717, 1.165) is 52.2 Å². The van der Waals surface area contributed by atoms with Crippen LogP contribution in [0.2, 0.25) is 0 Å². The van der Waals surface area contributed by atoms with Gasteiger partial charge in [-0.1, -0.05) is 6.92 Å². The minimum atomic E-state index is -0.436. The van der Waals surface area contributed by atoms with E-state index in [1.54, 1.807) is 12.3 Å². The first kappa shape index (κ1) is 20.2. The molecule has 160 valence electrons. The third-order valence-corrected chi connectivity index (χ3v) is 6.55. The summed E-state index contributed by atoms with van der Waals surface area (Å²) in [5.41, 5.74) is 0.0694. The zero-order chi connectivity index (χ0) is 20.3. The van der Waals surface area contributed by atoms with E-state index in [9.17, 15) is 9.59 Å². The highest BCUT2D eigenvalue weighted by Gasteiger charge is 2.47. The Balaban J connectivity index is 1.21. The molecule has 0 bridgehead atoms. The summed E-state index contributed by atoms with van der Waals surface area (Å²) >= 11 is 0. The van der Waals surface area contributed by atoms with Gasteiger partial charge in [0.25, 0.3) is 5.91 Å². The minimum Gasteiger partial charge on any atom is -0.441 e. The Morgan fingerprint density at radius 2 is 1.86 bits per heavy atom. The first-order valence-electron chi connectivity index (χ1n) is 10.8. The van der Waals surface area contributed by atoms with Crippen molar-refractivity contribution in [3.05, 3.63) is 18.0 Å². The summed E-state index contributed by atoms with van der Waals surface area (Å²) < 4.78 is 5.80. The molecule has 4 rings (SSSR count). The van der Waals surface area contributed by atoms with Crippen LogP contribution >= 0.6 is 0 Å². The first-order chi connectivity index (χ1) is 14.1. The molecule has 3 fully saturated rings. The molecule has 9 nitrogen and oxygen atoms in total. The molecule has 9 heteroatoms. The molecule has 3 aliphatic heterocycles. The summed E-state index contributed by atoms with van der Waals surface area (Å²) in [6.45, 7) is 11.4. The molecule has 2 amide bonds. The summed E-state index contributed by atoms with van der Waals surface area (Å²) in [6, 6.07) is 1.69. The average molecular weight is 405 g/mol. The molecule has 1 N–H and O–H groups in total. The van der Waals surface area contributed by atoms with Gasteiger partial charge in [-0.05, 0) is 25.6 Å². The number of carbonyl (C=O) groups excluding carboxylic acids is 2. The number of aromatic amines is 1. The molecular formula is C20H32N6O3. The maximum Gasteiger partial charge on any atom is 0.410 e. The van der Waals surface area contributed by atoms with Gasteiger partial charge >= 0.3 is 6.09 Å². The number of hydrogen-bond donors (Lipinski definition) is 1. The Bertz CT molecular complexity index is 693. The van der Waals surface area contributed by atoms with E-state index in [-0.39, 0.29) is 12.0 Å². The number of likely N-dealkylation sites (tertiary alicyclic amines) is 1. The van der Waals surface area contributed by atoms with Crippen LogP contribution in [0, 0.1) is 0 Å². The number of ether oxygens (including phenoxy) is 1. The molecule has 0 saturated carbocycles. The number of likely N-dealkylation sites (N-methyl/N-ethyl adjacent to an activating group) is 1. The number of amides is 2. The number of aromatic nitrogens is 2. The Labute approximate surface area is 171 Å². The van der Waals surface area contributed by atoms with E-state index < -0.39 is 5.60 Å². The lowest BCUT2D eigenvalue weighted by molar-refractivity contribution is 0.00296. The van der Waals surface area contributed by atoms with Crippen molar-refractivity contribution in [1.29, 1.82) is 0 Å². The van der Waals surface area contributed by atoms with Crippen LogP contribution in [0.1, 0.15) is 36.7 Å². The highest BCUT2D eigenvalue weighted by molar-refractivity contribution is 5.92. The topological polar surface area (TPSA) is 85.0 Å². The van der Waals surface area contributed by atoms with Crippen molar-refractivity contribution in [2.75, 3.05) is 65.4 Å². The second-order valence-corrected chi connectivity index (χ2v) is 8.36. The fraction of sp³-hybridized carbons (Fsp3) is 0.750. The van der Waals surface area contributed by atoms with Gasteiger partial charge in [-0.3, -0.25) is 9.89 Å². The predicted octanol–water partition coefficient (Wildman–Crippen LogP) is 0.864. The van der Waals surface area contributed by atoms with Crippen molar-refractivity contribution in [3.8, 4) is 0 Å². The van der Waals surface area contributed by atoms with Gasteiger partial charge in [0.1, 0.15) is 11.3 Å². The molecule has 1 spiro atoms. The second-order valence-electron chi connectivity index (χ2n) is 8.36. The van der Waals surface area contributed by atoms with Gasteiger partial charge in [0.15, 0.2) is 0 Å². The van der Waals surface area contributed by atoms with Crippen LogP contribution < -0.4 is 0 Å². The van der Waals surface area contributed by atoms with Crippen LogP contribution in [0.5, 0.6) is 0 Å². The Hall–Kier alpha value is -2.13. The number of carbonyl (C=O) groups is 2. The number of nitrogens with zero attached hydrogens (tertiary/aromatic N) is 5. The molecule has 0 unspecified atom stereocenters. The van der Waals surface area contributed by atoms with E-state index in [2.05, 4.69) is 26.9 Å². The van der Waals surface area contributed by atoms with Crippen molar-refractivity contribution >= 4 is 12.0 Å². The Morgan fingerprint density at radius 3 is 2.52 bits per heavy atom. The summed E-state index contributed by atoms with van der Waals surface area (Å²) in [5.74, 6) is -0.0401. The van der Waals surface area contributed by atoms with Crippen LogP contribution in [0.15, 0.2) is 12.3 Å². The van der Waals surface area contributed by atoms with Gasteiger partial charge in [0.05, 0.1) is 6.54 Å². The van der Waals surface area contributed by atoms with Gasteiger partial charge in [-0.2, -0.15) is 5.10 Å². The summed E-state index contributed by atoms with van der Waals surface area (Å²) in [5, 5.41) is 6.57. The van der Waals surface area contributed by atoms with Crippen LogP contribution in [-0.4, -0.2) is 113 Å². The number of piperazine rings is 1. The van der Waals surface area contributed by atoms with Crippen LogP contribution in [0.25, 0.3) is 0 Å². The van der Waals surface area contributed by atoms with E-state index in [4.69, 9.17) is 4.74 Å². The minimum absolute atomic E-state index is 0.0401. The third-order valence-electron chi connectivity index (χ3n) is 6.55. The molecule has 0 aromatic carbocycles. The standard InChI is InChI=1S/C20H32N6O3/c1-2-23-12-14-24(15-13-23)8-3-9-26-16-20(29-19(26)28)5-10-25(11-6-20)18(27)17-4-7-21-22-17/h4,7H,2-3,5-6,8-16H2,1H3,(H,21,22). The smallest absolute Gasteiger partial charge is 0.410 e. The van der Waals surface area contributed by atoms with Crippen molar-refractivity contribution < 1.29 is 14.3 Å². The highest BCUT2D eigenvalue weighted by atomic mass is 16.6. The summed E-state index contributed by atoms with van der Waals surface area (Å²) in [7, 11) is 0. The largest absolute Gasteiger partial charge is 0.441 e. The van der Waals surface area contributed by atoms with E-state index in [1.165, 1.54) is 0 Å². The second kappa shape index (κ2) is 8.71. The number of rotatable bonds is 6.